The van der Waals surface area contributed by atoms with Crippen molar-refractivity contribution in [3.63, 3.8) is 0 Å². The summed E-state index contributed by atoms with van der Waals surface area (Å²) in [5.41, 5.74) is 4.28. The lowest BCUT2D eigenvalue weighted by Crippen LogP contribution is -2.08. The minimum Gasteiger partial charge on any atom is -0.464 e. The zero-order valence-electron chi connectivity index (χ0n) is 21.3. The molecule has 8 heteroatoms. The van der Waals surface area contributed by atoms with Gasteiger partial charge in [-0.15, -0.1) is 0 Å². The molecule has 0 heterocycles. The van der Waals surface area contributed by atoms with Crippen molar-refractivity contribution >= 4 is 7.60 Å². The maximum atomic E-state index is 13.1. The summed E-state index contributed by atoms with van der Waals surface area (Å²) in [6.07, 6.45) is 7.17. The minimum absolute atomic E-state index is 0.0540. The maximum Gasteiger partial charge on any atom is 0.335 e. The lowest BCUT2D eigenvalue weighted by molar-refractivity contribution is 0.0317. The van der Waals surface area contributed by atoms with E-state index in [1.165, 1.54) is 11.1 Å². The van der Waals surface area contributed by atoms with Crippen LogP contribution in [0, 0.1) is 0 Å². The van der Waals surface area contributed by atoms with E-state index in [1.807, 2.05) is 6.07 Å². The van der Waals surface area contributed by atoms with Crippen LogP contribution in [0.2, 0.25) is 0 Å². The highest BCUT2D eigenvalue weighted by Gasteiger charge is 2.26. The Labute approximate surface area is 199 Å². The summed E-state index contributed by atoms with van der Waals surface area (Å²) in [5.74, 6) is 1.07. The highest BCUT2D eigenvalue weighted by atomic mass is 31.2. The SMILES string of the molecule is CCOP(=O)(Cc1cc(C/C=C(\C)CCC=C(C)C)c(OCOC)c(OCOC)c1)OCC. The van der Waals surface area contributed by atoms with Crippen molar-refractivity contribution in [1.29, 1.82) is 0 Å². The number of hydrogen-bond acceptors (Lipinski definition) is 7. The van der Waals surface area contributed by atoms with Crippen molar-refractivity contribution in [2.75, 3.05) is 41.0 Å². The van der Waals surface area contributed by atoms with Gasteiger partial charge < -0.3 is 28.0 Å². The van der Waals surface area contributed by atoms with Crippen LogP contribution < -0.4 is 9.47 Å². The molecule has 0 saturated heterocycles. The first kappa shape index (κ1) is 29.4. The van der Waals surface area contributed by atoms with E-state index in [0.717, 1.165) is 24.0 Å². The second kappa shape index (κ2) is 16.1. The summed E-state index contributed by atoms with van der Waals surface area (Å²) in [6.45, 7) is 10.7. The molecule has 33 heavy (non-hydrogen) atoms. The predicted octanol–water partition coefficient (Wildman–Crippen LogP) is 6.65. The van der Waals surface area contributed by atoms with E-state index in [9.17, 15) is 4.57 Å². The summed E-state index contributed by atoms with van der Waals surface area (Å²) in [6, 6.07) is 3.76. The van der Waals surface area contributed by atoms with Gasteiger partial charge in [-0.3, -0.25) is 4.57 Å². The third kappa shape index (κ3) is 11.4. The fraction of sp³-hybridized carbons (Fsp3) is 0.600. The van der Waals surface area contributed by atoms with Crippen LogP contribution in [0.1, 0.15) is 58.6 Å². The first-order chi connectivity index (χ1) is 15.8. The molecule has 0 unspecified atom stereocenters. The van der Waals surface area contributed by atoms with Gasteiger partial charge in [0.15, 0.2) is 25.1 Å². The van der Waals surface area contributed by atoms with E-state index in [1.54, 1.807) is 34.1 Å². The Morgan fingerprint density at radius 3 is 2.15 bits per heavy atom. The van der Waals surface area contributed by atoms with Gasteiger partial charge in [0.1, 0.15) is 0 Å². The van der Waals surface area contributed by atoms with Crippen LogP contribution in [-0.4, -0.2) is 41.0 Å². The quantitative estimate of drug-likeness (QED) is 0.139. The third-order valence-electron chi connectivity index (χ3n) is 4.63. The summed E-state index contributed by atoms with van der Waals surface area (Å²) in [5, 5.41) is 0. The van der Waals surface area contributed by atoms with E-state index in [2.05, 4.69) is 32.9 Å². The van der Waals surface area contributed by atoms with Crippen LogP contribution in [0.25, 0.3) is 0 Å². The molecular formula is C25H41O7P. The summed E-state index contributed by atoms with van der Waals surface area (Å²) in [4.78, 5) is 0. The predicted molar refractivity (Wildman–Crippen MR) is 132 cm³/mol. The normalized spacial score (nSPS) is 12.0. The third-order valence-corrected chi connectivity index (χ3v) is 6.69. The highest BCUT2D eigenvalue weighted by Crippen LogP contribution is 2.52. The van der Waals surface area contributed by atoms with Crippen LogP contribution in [-0.2, 0) is 35.7 Å². The maximum absolute atomic E-state index is 13.1. The largest absolute Gasteiger partial charge is 0.464 e. The number of methoxy groups -OCH3 is 2. The van der Waals surface area contributed by atoms with Gasteiger partial charge in [-0.1, -0.05) is 29.4 Å². The molecule has 0 aliphatic heterocycles. The van der Waals surface area contributed by atoms with Gasteiger partial charge in [0.05, 0.1) is 19.4 Å². The monoisotopic (exact) mass is 484 g/mol. The average Bonchev–Trinajstić information content (AvgIpc) is 2.75. The molecule has 1 rings (SSSR count). The molecule has 0 spiro atoms. The van der Waals surface area contributed by atoms with Crippen LogP contribution in [0.5, 0.6) is 11.5 Å². The van der Waals surface area contributed by atoms with Crippen molar-refractivity contribution in [3.05, 3.63) is 46.6 Å². The Kier molecular flexibility index (Phi) is 14.3. The number of ether oxygens (including phenoxy) is 4. The molecule has 0 aromatic heterocycles. The van der Waals surface area contributed by atoms with Crippen molar-refractivity contribution in [2.24, 2.45) is 0 Å². The molecule has 1 aromatic rings. The first-order valence-electron chi connectivity index (χ1n) is 11.3. The molecular weight excluding hydrogens is 443 g/mol. The summed E-state index contributed by atoms with van der Waals surface area (Å²) >= 11 is 0. The standard InChI is InChI=1S/C25H41O7P/c1-8-31-33(26,32-9-2)17-22-15-23(14-13-21(5)12-10-11-20(3)4)25(30-19-28-7)24(16-22)29-18-27-6/h11,13,15-16H,8-10,12,14,17-19H2,1-7H3/b21-13+. The summed E-state index contributed by atoms with van der Waals surface area (Å²) in [7, 11) is -0.160. The average molecular weight is 485 g/mol. The van der Waals surface area contributed by atoms with E-state index in [0.29, 0.717) is 31.1 Å². The first-order valence-corrected chi connectivity index (χ1v) is 13.1. The van der Waals surface area contributed by atoms with Gasteiger partial charge in [0.25, 0.3) is 0 Å². The fourth-order valence-corrected chi connectivity index (χ4v) is 4.87. The molecule has 0 amide bonds. The second-order valence-corrected chi connectivity index (χ2v) is 9.92. The van der Waals surface area contributed by atoms with E-state index < -0.39 is 7.60 Å². The highest BCUT2D eigenvalue weighted by molar-refractivity contribution is 7.53. The van der Waals surface area contributed by atoms with Crippen LogP contribution in [0.15, 0.2) is 35.4 Å². The Morgan fingerprint density at radius 1 is 0.939 bits per heavy atom. The van der Waals surface area contributed by atoms with Crippen LogP contribution >= 0.6 is 7.60 Å². The molecule has 0 N–H and O–H groups in total. The number of allylic oxidation sites excluding steroid dienone is 4. The molecule has 188 valence electrons. The Morgan fingerprint density at radius 2 is 1.58 bits per heavy atom. The molecule has 0 fully saturated rings. The van der Waals surface area contributed by atoms with Gasteiger partial charge in [-0.05, 0) is 65.5 Å². The van der Waals surface area contributed by atoms with Crippen LogP contribution in [0.3, 0.4) is 0 Å². The van der Waals surface area contributed by atoms with Crippen molar-refractivity contribution in [2.45, 2.75) is 60.0 Å². The minimum atomic E-state index is -3.28. The Hall–Kier alpha value is -1.63. The summed E-state index contributed by atoms with van der Waals surface area (Å²) < 4.78 is 46.0. The molecule has 0 atom stereocenters. The molecule has 7 nitrogen and oxygen atoms in total. The fourth-order valence-electron chi connectivity index (χ4n) is 3.20. The van der Waals surface area contributed by atoms with Gasteiger partial charge >= 0.3 is 7.60 Å². The molecule has 0 saturated carbocycles. The molecule has 0 bridgehead atoms. The Bertz CT molecular complexity index is 803. The van der Waals surface area contributed by atoms with Gasteiger partial charge in [0, 0.05) is 19.8 Å². The Balaban J connectivity index is 3.33. The van der Waals surface area contributed by atoms with Crippen molar-refractivity contribution < 1.29 is 32.6 Å². The molecule has 0 aliphatic carbocycles. The van der Waals surface area contributed by atoms with Gasteiger partial charge in [0.2, 0.25) is 0 Å². The second-order valence-electron chi connectivity index (χ2n) is 7.86. The number of benzene rings is 1. The molecule has 0 radical (unpaired) electrons. The lowest BCUT2D eigenvalue weighted by atomic mass is 10.0. The van der Waals surface area contributed by atoms with E-state index in [4.69, 9.17) is 28.0 Å². The molecule has 1 aromatic carbocycles. The smallest absolute Gasteiger partial charge is 0.335 e. The molecule has 0 aliphatic rings. The van der Waals surface area contributed by atoms with Crippen molar-refractivity contribution in [3.8, 4) is 11.5 Å². The lowest BCUT2D eigenvalue weighted by Gasteiger charge is -2.20. The van der Waals surface area contributed by atoms with Gasteiger partial charge in [-0.25, -0.2) is 0 Å². The van der Waals surface area contributed by atoms with Crippen molar-refractivity contribution in [1.82, 2.24) is 0 Å². The zero-order valence-corrected chi connectivity index (χ0v) is 22.2. The topological polar surface area (TPSA) is 72.5 Å². The number of rotatable bonds is 17. The zero-order chi connectivity index (χ0) is 24.7. The van der Waals surface area contributed by atoms with E-state index in [-0.39, 0.29) is 19.7 Å². The number of hydrogen-bond donors (Lipinski definition) is 0. The van der Waals surface area contributed by atoms with Crippen LogP contribution in [0.4, 0.5) is 0 Å². The van der Waals surface area contributed by atoms with E-state index >= 15 is 0 Å². The van der Waals surface area contributed by atoms with Gasteiger partial charge in [-0.2, -0.15) is 0 Å².